The molecule has 1 heterocycles. The van der Waals surface area contributed by atoms with Crippen molar-refractivity contribution in [2.45, 2.75) is 77.4 Å². The monoisotopic (exact) mass is 456 g/mol. The third-order valence-electron chi connectivity index (χ3n) is 5.84. The van der Waals surface area contributed by atoms with Gasteiger partial charge in [0.05, 0.1) is 0 Å². The molecule has 156 valence electrons. The Hall–Kier alpha value is -1.65. The van der Waals surface area contributed by atoms with Gasteiger partial charge in [-0.05, 0) is 55.5 Å². The number of unbranched alkanes of at least 4 members (excludes halogenated alkanes) is 3. The number of halogens is 1. The van der Waals surface area contributed by atoms with E-state index < -0.39 is 0 Å². The third-order valence-corrected chi connectivity index (χ3v) is 6.34. The molecule has 0 saturated carbocycles. The van der Waals surface area contributed by atoms with E-state index in [-0.39, 0.29) is 11.7 Å². The smallest absolute Gasteiger partial charge is 0.120 e. The van der Waals surface area contributed by atoms with Crippen LogP contribution in [0.15, 0.2) is 51.9 Å². The molecule has 0 aliphatic carbocycles. The van der Waals surface area contributed by atoms with Crippen LogP contribution in [-0.2, 0) is 6.42 Å². The number of phenols is 1. The summed E-state index contributed by atoms with van der Waals surface area (Å²) in [5.74, 6) is 0.335. The fourth-order valence-corrected chi connectivity index (χ4v) is 4.51. The van der Waals surface area contributed by atoms with Crippen molar-refractivity contribution in [2.75, 3.05) is 0 Å². The van der Waals surface area contributed by atoms with E-state index in [0.717, 1.165) is 41.4 Å². The first-order valence-corrected chi connectivity index (χ1v) is 11.7. The van der Waals surface area contributed by atoms with Crippen LogP contribution in [0.25, 0.3) is 0 Å². The molecular formula is C25H33BrN2O. The first kappa shape index (κ1) is 22.0. The zero-order chi connectivity index (χ0) is 20.9. The van der Waals surface area contributed by atoms with Gasteiger partial charge in [0.15, 0.2) is 0 Å². The molecule has 2 atom stereocenters. The number of hydrogen-bond acceptors (Lipinski definition) is 3. The lowest BCUT2D eigenvalue weighted by molar-refractivity contribution is 0.277. The van der Waals surface area contributed by atoms with Crippen molar-refractivity contribution < 1.29 is 5.11 Å². The van der Waals surface area contributed by atoms with Crippen molar-refractivity contribution in [1.82, 2.24) is 5.32 Å². The van der Waals surface area contributed by atoms with Gasteiger partial charge in [0, 0.05) is 28.2 Å². The Bertz CT molecular complexity index is 846. The molecule has 0 aromatic heterocycles. The summed E-state index contributed by atoms with van der Waals surface area (Å²) in [6.45, 7) is 6.61. The van der Waals surface area contributed by atoms with E-state index >= 15 is 0 Å². The van der Waals surface area contributed by atoms with E-state index in [1.54, 1.807) is 6.07 Å². The summed E-state index contributed by atoms with van der Waals surface area (Å²) in [7, 11) is 0. The molecule has 2 aromatic rings. The summed E-state index contributed by atoms with van der Waals surface area (Å²) in [6.07, 6.45) is 7.68. The van der Waals surface area contributed by atoms with Crippen LogP contribution >= 0.6 is 15.9 Å². The summed E-state index contributed by atoms with van der Waals surface area (Å²) in [6, 6.07) is 14.5. The van der Waals surface area contributed by atoms with Gasteiger partial charge < -0.3 is 5.11 Å². The largest absolute Gasteiger partial charge is 0.508 e. The minimum Gasteiger partial charge on any atom is -0.508 e. The Morgan fingerprint density at radius 2 is 1.86 bits per heavy atom. The van der Waals surface area contributed by atoms with Crippen LogP contribution in [0.2, 0.25) is 0 Å². The lowest BCUT2D eigenvalue weighted by atomic mass is 9.90. The highest BCUT2D eigenvalue weighted by Gasteiger charge is 2.34. The Morgan fingerprint density at radius 3 is 2.55 bits per heavy atom. The highest BCUT2D eigenvalue weighted by Crippen LogP contribution is 2.36. The standard InChI is InChI=1S/C25H33BrN2O/c1-4-6-7-8-15-25(3)27-22(19-11-9-18(5-2)10-12-19)17-23(28-25)21-16-20(26)13-14-24(21)29/h9-14,16,23,28-29H,4-8,15,17H2,1-3H3/t23-,25-/m1/s1. The number of hydrogen-bond donors (Lipinski definition) is 2. The SMILES string of the molecule is CCCCCC[C@]1(C)N=C(c2ccc(CC)cc2)C[C@H](c2cc(Br)ccc2O)N1. The summed E-state index contributed by atoms with van der Waals surface area (Å²) in [5, 5.41) is 14.3. The summed E-state index contributed by atoms with van der Waals surface area (Å²) in [4.78, 5) is 5.18. The molecule has 0 fully saturated rings. The van der Waals surface area contributed by atoms with Crippen molar-refractivity contribution in [1.29, 1.82) is 0 Å². The van der Waals surface area contributed by atoms with E-state index in [1.807, 2.05) is 12.1 Å². The zero-order valence-electron chi connectivity index (χ0n) is 17.8. The number of aryl methyl sites for hydroxylation is 1. The second-order valence-electron chi connectivity index (χ2n) is 8.30. The third kappa shape index (κ3) is 5.70. The summed E-state index contributed by atoms with van der Waals surface area (Å²) < 4.78 is 0.980. The van der Waals surface area contributed by atoms with Crippen LogP contribution in [0.5, 0.6) is 5.75 Å². The second-order valence-corrected chi connectivity index (χ2v) is 9.21. The van der Waals surface area contributed by atoms with E-state index in [1.165, 1.54) is 30.4 Å². The molecule has 0 spiro atoms. The molecule has 0 bridgehead atoms. The minimum atomic E-state index is -0.329. The normalized spacial score (nSPS) is 21.8. The van der Waals surface area contributed by atoms with Crippen LogP contribution in [-0.4, -0.2) is 16.5 Å². The Balaban J connectivity index is 1.92. The maximum atomic E-state index is 10.5. The molecule has 29 heavy (non-hydrogen) atoms. The van der Waals surface area contributed by atoms with Crippen LogP contribution < -0.4 is 5.32 Å². The molecule has 0 radical (unpaired) electrons. The average molecular weight is 457 g/mol. The van der Waals surface area contributed by atoms with Crippen LogP contribution in [0.4, 0.5) is 0 Å². The predicted octanol–water partition coefficient (Wildman–Crippen LogP) is 6.93. The first-order valence-electron chi connectivity index (χ1n) is 10.9. The highest BCUT2D eigenvalue weighted by atomic mass is 79.9. The molecule has 1 aliphatic rings. The number of nitrogens with one attached hydrogen (secondary N) is 1. The average Bonchev–Trinajstić information content (AvgIpc) is 2.72. The topological polar surface area (TPSA) is 44.6 Å². The van der Waals surface area contributed by atoms with Gasteiger partial charge in [-0.2, -0.15) is 0 Å². The van der Waals surface area contributed by atoms with E-state index in [9.17, 15) is 5.11 Å². The van der Waals surface area contributed by atoms with E-state index in [0.29, 0.717) is 5.75 Å². The summed E-state index contributed by atoms with van der Waals surface area (Å²) in [5.41, 5.74) is 4.24. The number of rotatable bonds is 8. The van der Waals surface area contributed by atoms with Crippen molar-refractivity contribution in [3.05, 3.63) is 63.6 Å². The molecular weight excluding hydrogens is 424 g/mol. The van der Waals surface area contributed by atoms with Crippen LogP contribution in [0, 0.1) is 0 Å². The van der Waals surface area contributed by atoms with Crippen LogP contribution in [0.1, 0.15) is 82.0 Å². The van der Waals surface area contributed by atoms with Crippen molar-refractivity contribution >= 4 is 21.6 Å². The van der Waals surface area contributed by atoms with E-state index in [2.05, 4.69) is 66.3 Å². The van der Waals surface area contributed by atoms with Crippen molar-refractivity contribution in [2.24, 2.45) is 4.99 Å². The lowest BCUT2D eigenvalue weighted by Crippen LogP contribution is -2.47. The number of benzene rings is 2. The van der Waals surface area contributed by atoms with Gasteiger partial charge in [0.2, 0.25) is 0 Å². The molecule has 3 nitrogen and oxygen atoms in total. The Kier molecular flexibility index (Phi) is 7.53. The molecule has 0 unspecified atom stereocenters. The molecule has 0 saturated heterocycles. The van der Waals surface area contributed by atoms with Crippen LogP contribution in [0.3, 0.4) is 0 Å². The Morgan fingerprint density at radius 1 is 1.10 bits per heavy atom. The number of nitrogens with zero attached hydrogens (tertiary/aromatic N) is 1. The van der Waals surface area contributed by atoms with Gasteiger partial charge in [-0.25, -0.2) is 0 Å². The van der Waals surface area contributed by atoms with Gasteiger partial charge in [0.25, 0.3) is 0 Å². The fraction of sp³-hybridized carbons (Fsp3) is 0.480. The number of aromatic hydroxyl groups is 1. The molecule has 3 rings (SSSR count). The maximum absolute atomic E-state index is 10.5. The second kappa shape index (κ2) is 9.90. The zero-order valence-corrected chi connectivity index (χ0v) is 19.4. The minimum absolute atomic E-state index is 0.0297. The van der Waals surface area contributed by atoms with Gasteiger partial charge in [-0.15, -0.1) is 0 Å². The van der Waals surface area contributed by atoms with Crippen molar-refractivity contribution in [3.63, 3.8) is 0 Å². The molecule has 0 amide bonds. The fourth-order valence-electron chi connectivity index (χ4n) is 4.13. The Labute approximate surface area is 183 Å². The number of aliphatic imine (C=N–C) groups is 1. The van der Waals surface area contributed by atoms with E-state index in [4.69, 9.17) is 4.99 Å². The van der Waals surface area contributed by atoms with Gasteiger partial charge in [-0.1, -0.05) is 73.3 Å². The quantitative estimate of drug-likeness (QED) is 0.422. The number of phenolic OH excluding ortho intramolecular Hbond substituents is 1. The highest BCUT2D eigenvalue weighted by molar-refractivity contribution is 9.10. The molecule has 2 aromatic carbocycles. The lowest BCUT2D eigenvalue weighted by Gasteiger charge is -2.38. The van der Waals surface area contributed by atoms with Gasteiger partial charge in [0.1, 0.15) is 11.4 Å². The molecule has 4 heteroatoms. The van der Waals surface area contributed by atoms with Crippen molar-refractivity contribution in [3.8, 4) is 5.75 Å². The molecule has 2 N–H and O–H groups in total. The summed E-state index contributed by atoms with van der Waals surface area (Å²) >= 11 is 3.56. The maximum Gasteiger partial charge on any atom is 0.120 e. The molecule has 1 aliphatic heterocycles. The first-order chi connectivity index (χ1) is 13.9. The predicted molar refractivity (Wildman–Crippen MR) is 126 cm³/mol. The van der Waals surface area contributed by atoms with Gasteiger partial charge >= 0.3 is 0 Å². The van der Waals surface area contributed by atoms with Gasteiger partial charge in [-0.3, -0.25) is 10.3 Å².